The molecule has 126 valence electrons. The highest BCUT2D eigenvalue weighted by Crippen LogP contribution is 2.44. The molecule has 1 heterocycles. The normalized spacial score (nSPS) is 24.9. The maximum Gasteiger partial charge on any atom is 0.220 e. The van der Waals surface area contributed by atoms with Gasteiger partial charge in [-0.25, -0.2) is 0 Å². The lowest BCUT2D eigenvalue weighted by molar-refractivity contribution is -0.124. The van der Waals surface area contributed by atoms with E-state index in [0.29, 0.717) is 18.9 Å². The van der Waals surface area contributed by atoms with Gasteiger partial charge in [-0.3, -0.25) is 4.79 Å². The van der Waals surface area contributed by atoms with Crippen LogP contribution in [0.2, 0.25) is 0 Å². The van der Waals surface area contributed by atoms with E-state index in [1.165, 1.54) is 12.8 Å². The molecule has 4 heteroatoms. The molecule has 2 atom stereocenters. The van der Waals surface area contributed by atoms with Gasteiger partial charge in [-0.05, 0) is 69.1 Å². The molecule has 0 bridgehead atoms. The van der Waals surface area contributed by atoms with Crippen LogP contribution in [0.5, 0.6) is 5.75 Å². The van der Waals surface area contributed by atoms with Gasteiger partial charge in [0.15, 0.2) is 0 Å². The van der Waals surface area contributed by atoms with Crippen molar-refractivity contribution in [2.75, 3.05) is 6.61 Å². The largest absolute Gasteiger partial charge is 0.508 e. The average Bonchev–Trinajstić information content (AvgIpc) is 3.29. The number of hydrogen-bond donors (Lipinski definition) is 2. The van der Waals surface area contributed by atoms with Crippen LogP contribution < -0.4 is 5.32 Å². The fraction of sp³-hybridized carbons (Fsp3) is 0.632. The van der Waals surface area contributed by atoms with Crippen LogP contribution >= 0.6 is 0 Å². The molecule has 0 aromatic heterocycles. The molecule has 1 saturated carbocycles. The second kappa shape index (κ2) is 6.52. The second-order valence-electron chi connectivity index (χ2n) is 7.60. The third-order valence-electron chi connectivity index (χ3n) is 4.98. The predicted molar refractivity (Wildman–Crippen MR) is 89.4 cm³/mol. The minimum absolute atomic E-state index is 0.137. The third-order valence-corrected chi connectivity index (χ3v) is 4.98. The summed E-state index contributed by atoms with van der Waals surface area (Å²) >= 11 is 0. The van der Waals surface area contributed by atoms with Crippen molar-refractivity contribution in [3.05, 3.63) is 29.8 Å². The predicted octanol–water partition coefficient (Wildman–Crippen LogP) is 3.35. The number of carbonyl (C=O) groups excluding carboxylic acids is 1. The summed E-state index contributed by atoms with van der Waals surface area (Å²) in [6.07, 6.45) is 4.69. The van der Waals surface area contributed by atoms with Crippen LogP contribution in [0.25, 0.3) is 0 Å². The van der Waals surface area contributed by atoms with E-state index in [1.54, 1.807) is 12.1 Å². The van der Waals surface area contributed by atoms with E-state index in [-0.39, 0.29) is 29.2 Å². The minimum Gasteiger partial charge on any atom is -0.508 e. The van der Waals surface area contributed by atoms with E-state index in [4.69, 9.17) is 4.74 Å². The number of hydrogen-bond acceptors (Lipinski definition) is 3. The van der Waals surface area contributed by atoms with Crippen molar-refractivity contribution in [3.8, 4) is 5.75 Å². The molecule has 2 fully saturated rings. The van der Waals surface area contributed by atoms with Crippen molar-refractivity contribution in [2.45, 2.75) is 63.5 Å². The maximum absolute atomic E-state index is 12.5. The van der Waals surface area contributed by atoms with Crippen LogP contribution in [-0.2, 0) is 9.53 Å². The van der Waals surface area contributed by atoms with Gasteiger partial charge in [-0.1, -0.05) is 12.1 Å². The van der Waals surface area contributed by atoms with Gasteiger partial charge in [0.2, 0.25) is 5.91 Å². The van der Waals surface area contributed by atoms with E-state index >= 15 is 0 Å². The maximum atomic E-state index is 12.5. The first-order valence-corrected chi connectivity index (χ1v) is 8.65. The van der Waals surface area contributed by atoms with Crippen LogP contribution in [0.15, 0.2) is 24.3 Å². The van der Waals surface area contributed by atoms with Crippen LogP contribution in [-0.4, -0.2) is 29.3 Å². The number of rotatable bonds is 5. The molecule has 1 saturated heterocycles. The Morgan fingerprint density at radius 1 is 1.30 bits per heavy atom. The number of amides is 1. The summed E-state index contributed by atoms with van der Waals surface area (Å²) in [6.45, 7) is 4.87. The van der Waals surface area contributed by atoms with Gasteiger partial charge in [0.05, 0.1) is 5.60 Å². The fourth-order valence-corrected chi connectivity index (χ4v) is 3.62. The molecule has 0 radical (unpaired) electrons. The molecular weight excluding hydrogens is 290 g/mol. The Balaban J connectivity index is 1.59. The zero-order chi connectivity index (χ0) is 16.4. The SMILES string of the molecule is CC1(C)CC(NC(=O)CC(c2ccc(O)cc2)C2CC2)CCO1. The van der Waals surface area contributed by atoms with Crippen molar-refractivity contribution in [1.29, 1.82) is 0 Å². The summed E-state index contributed by atoms with van der Waals surface area (Å²) in [6, 6.07) is 7.53. The Hall–Kier alpha value is -1.55. The number of nitrogens with one attached hydrogen (secondary N) is 1. The van der Waals surface area contributed by atoms with Gasteiger partial charge in [0, 0.05) is 19.1 Å². The Labute approximate surface area is 138 Å². The minimum atomic E-state index is -0.150. The highest BCUT2D eigenvalue weighted by molar-refractivity contribution is 5.77. The molecule has 0 spiro atoms. The average molecular weight is 317 g/mol. The standard InChI is InChI=1S/C19H27NO3/c1-19(2)12-15(9-10-23-19)20-18(22)11-17(13-3-4-13)14-5-7-16(21)8-6-14/h5-8,13,15,17,21H,3-4,9-12H2,1-2H3,(H,20,22). The van der Waals surface area contributed by atoms with Gasteiger partial charge in [0.1, 0.15) is 5.75 Å². The fourth-order valence-electron chi connectivity index (χ4n) is 3.62. The lowest BCUT2D eigenvalue weighted by Crippen LogP contribution is -2.46. The highest BCUT2D eigenvalue weighted by atomic mass is 16.5. The van der Waals surface area contributed by atoms with Crippen molar-refractivity contribution >= 4 is 5.91 Å². The van der Waals surface area contributed by atoms with Gasteiger partial charge in [-0.2, -0.15) is 0 Å². The number of aromatic hydroxyl groups is 1. The Morgan fingerprint density at radius 2 is 2.00 bits per heavy atom. The van der Waals surface area contributed by atoms with Crippen LogP contribution in [0, 0.1) is 5.92 Å². The van der Waals surface area contributed by atoms with Gasteiger partial charge in [0.25, 0.3) is 0 Å². The van der Waals surface area contributed by atoms with Crippen molar-refractivity contribution < 1.29 is 14.6 Å². The molecule has 2 aliphatic rings. The third kappa shape index (κ3) is 4.47. The summed E-state index contributed by atoms with van der Waals surface area (Å²) in [5.41, 5.74) is 1.01. The molecule has 23 heavy (non-hydrogen) atoms. The molecule has 1 aromatic rings. The van der Waals surface area contributed by atoms with Crippen molar-refractivity contribution in [3.63, 3.8) is 0 Å². The molecule has 1 amide bonds. The summed E-state index contributed by atoms with van der Waals surface area (Å²) in [7, 11) is 0. The summed E-state index contributed by atoms with van der Waals surface area (Å²) in [5, 5.41) is 12.6. The number of carbonyl (C=O) groups is 1. The molecule has 1 aromatic carbocycles. The molecule has 1 aliphatic heterocycles. The molecular formula is C19H27NO3. The van der Waals surface area contributed by atoms with E-state index in [1.807, 2.05) is 12.1 Å². The molecule has 4 nitrogen and oxygen atoms in total. The highest BCUT2D eigenvalue weighted by Gasteiger charge is 2.35. The molecule has 2 N–H and O–H groups in total. The van der Waals surface area contributed by atoms with Crippen molar-refractivity contribution in [1.82, 2.24) is 5.32 Å². The topological polar surface area (TPSA) is 58.6 Å². The smallest absolute Gasteiger partial charge is 0.220 e. The Morgan fingerprint density at radius 3 is 2.61 bits per heavy atom. The lowest BCUT2D eigenvalue weighted by atomic mass is 9.89. The number of benzene rings is 1. The summed E-state index contributed by atoms with van der Waals surface area (Å²) in [4.78, 5) is 12.5. The zero-order valence-electron chi connectivity index (χ0n) is 14.0. The van der Waals surface area contributed by atoms with Crippen LogP contribution in [0.1, 0.15) is 57.4 Å². The van der Waals surface area contributed by atoms with Gasteiger partial charge in [-0.15, -0.1) is 0 Å². The Bertz CT molecular complexity index is 548. The first kappa shape index (κ1) is 16.3. The van der Waals surface area contributed by atoms with E-state index < -0.39 is 0 Å². The number of phenols is 1. The van der Waals surface area contributed by atoms with Crippen LogP contribution in [0.4, 0.5) is 0 Å². The zero-order valence-corrected chi connectivity index (χ0v) is 14.0. The lowest BCUT2D eigenvalue weighted by Gasteiger charge is -2.36. The molecule has 3 rings (SSSR count). The molecule has 1 aliphatic carbocycles. The first-order valence-electron chi connectivity index (χ1n) is 8.65. The van der Waals surface area contributed by atoms with E-state index in [9.17, 15) is 9.90 Å². The van der Waals surface area contributed by atoms with E-state index in [0.717, 1.165) is 18.4 Å². The number of ether oxygens (including phenoxy) is 1. The van der Waals surface area contributed by atoms with Gasteiger partial charge >= 0.3 is 0 Å². The van der Waals surface area contributed by atoms with E-state index in [2.05, 4.69) is 19.2 Å². The summed E-state index contributed by atoms with van der Waals surface area (Å²) in [5.74, 6) is 1.29. The second-order valence-corrected chi connectivity index (χ2v) is 7.60. The number of phenolic OH excluding ortho intramolecular Hbond substituents is 1. The summed E-state index contributed by atoms with van der Waals surface area (Å²) < 4.78 is 5.71. The molecule has 2 unspecified atom stereocenters. The van der Waals surface area contributed by atoms with Gasteiger partial charge < -0.3 is 15.2 Å². The van der Waals surface area contributed by atoms with Crippen LogP contribution in [0.3, 0.4) is 0 Å². The quantitative estimate of drug-likeness (QED) is 0.875. The van der Waals surface area contributed by atoms with Crippen molar-refractivity contribution in [2.24, 2.45) is 5.92 Å². The first-order chi connectivity index (χ1) is 10.9. The monoisotopic (exact) mass is 317 g/mol. The Kier molecular flexibility index (Phi) is 4.62.